The molecule has 0 aliphatic heterocycles. The van der Waals surface area contributed by atoms with E-state index in [2.05, 4.69) is 0 Å². The fraction of sp³-hybridized carbons (Fsp3) is 0. The van der Waals surface area contributed by atoms with Gasteiger partial charge in [0, 0.05) is 5.69 Å². The van der Waals surface area contributed by atoms with Crippen molar-refractivity contribution in [3.05, 3.63) is 29.3 Å². The summed E-state index contributed by atoms with van der Waals surface area (Å²) in [5.74, 6) is -2.40. The van der Waals surface area contributed by atoms with Crippen LogP contribution in [0.3, 0.4) is 0 Å². The molecule has 4 N–H and O–H groups in total. The van der Waals surface area contributed by atoms with Crippen LogP contribution in [-0.4, -0.2) is 22.2 Å². The predicted molar refractivity (Wildman–Crippen MR) is 55.2 cm³/mol. The van der Waals surface area contributed by atoms with Crippen LogP contribution in [0.4, 0.5) is 5.69 Å². The highest BCUT2D eigenvalue weighted by Gasteiger charge is 2.09. The minimum Gasteiger partial charge on any atom is -0.478 e. The molecule has 0 aliphatic carbocycles. The zero-order chi connectivity index (χ0) is 10.0. The molecule has 0 unspecified atom stereocenters. The highest BCUT2D eigenvalue weighted by molar-refractivity contribution is 7.59. The Morgan fingerprint density at radius 1 is 1.00 bits per heavy atom. The van der Waals surface area contributed by atoms with Gasteiger partial charge in [-0.05, 0) is 18.2 Å². The number of rotatable bonds is 2. The minimum atomic E-state index is -1.20. The van der Waals surface area contributed by atoms with Crippen LogP contribution in [0.15, 0.2) is 18.2 Å². The fourth-order valence-electron chi connectivity index (χ4n) is 0.899. The average molecular weight is 215 g/mol. The van der Waals surface area contributed by atoms with Gasteiger partial charge in [-0.25, -0.2) is 9.59 Å². The Labute approximate surface area is 86.6 Å². The molecule has 0 bridgehead atoms. The van der Waals surface area contributed by atoms with Crippen molar-refractivity contribution in [2.75, 3.05) is 5.73 Å². The monoisotopic (exact) mass is 215 g/mol. The quantitative estimate of drug-likeness (QED) is 0.633. The standard InChI is InChI=1S/C8H7NO4.H2S/c9-6-2-4(7(10)11)1-5(3-6)8(12)13;/h1-3H,9H2,(H,10,11)(H,12,13);1H2. The number of carboxylic acids is 2. The summed E-state index contributed by atoms with van der Waals surface area (Å²) in [5, 5.41) is 17.1. The van der Waals surface area contributed by atoms with Gasteiger partial charge in [-0.2, -0.15) is 13.5 Å². The van der Waals surface area contributed by atoms with Crippen LogP contribution < -0.4 is 5.73 Å². The fourth-order valence-corrected chi connectivity index (χ4v) is 0.899. The van der Waals surface area contributed by atoms with Crippen LogP contribution in [0, 0.1) is 0 Å². The zero-order valence-corrected chi connectivity index (χ0v) is 8.02. The highest BCUT2D eigenvalue weighted by atomic mass is 32.1. The molecular weight excluding hydrogens is 206 g/mol. The average Bonchev–Trinajstić information content (AvgIpc) is 2.03. The number of carboxylic acid groups (broad SMARTS) is 2. The van der Waals surface area contributed by atoms with Gasteiger partial charge < -0.3 is 15.9 Å². The van der Waals surface area contributed by atoms with Crippen molar-refractivity contribution in [1.29, 1.82) is 0 Å². The van der Waals surface area contributed by atoms with Crippen LogP contribution in [0.5, 0.6) is 0 Å². The second-order valence-corrected chi connectivity index (χ2v) is 2.45. The number of anilines is 1. The molecule has 1 aromatic rings. The second kappa shape index (κ2) is 4.52. The van der Waals surface area contributed by atoms with Crippen molar-refractivity contribution < 1.29 is 19.8 Å². The Hall–Kier alpha value is -1.69. The molecule has 1 rings (SSSR count). The van der Waals surface area contributed by atoms with Crippen molar-refractivity contribution in [3.8, 4) is 0 Å². The molecule has 0 aromatic heterocycles. The smallest absolute Gasteiger partial charge is 0.335 e. The first kappa shape index (κ1) is 12.3. The SMILES string of the molecule is Nc1cc(C(=O)O)cc(C(=O)O)c1.S. The van der Waals surface area contributed by atoms with E-state index in [0.29, 0.717) is 0 Å². The number of hydrogen-bond acceptors (Lipinski definition) is 3. The third kappa shape index (κ3) is 2.67. The van der Waals surface area contributed by atoms with Crippen LogP contribution in [0.2, 0.25) is 0 Å². The van der Waals surface area contributed by atoms with E-state index in [9.17, 15) is 9.59 Å². The number of nitrogen functional groups attached to an aromatic ring is 1. The summed E-state index contributed by atoms with van der Waals surface area (Å²) in [4.78, 5) is 21.0. The Balaban J connectivity index is 0.00000169. The number of hydrogen-bond donors (Lipinski definition) is 3. The molecule has 0 radical (unpaired) electrons. The highest BCUT2D eigenvalue weighted by Crippen LogP contribution is 2.11. The van der Waals surface area contributed by atoms with Crippen LogP contribution >= 0.6 is 13.5 Å². The van der Waals surface area contributed by atoms with E-state index in [1.165, 1.54) is 12.1 Å². The lowest BCUT2D eigenvalue weighted by Crippen LogP contribution is -2.03. The molecule has 0 aliphatic rings. The number of benzene rings is 1. The summed E-state index contributed by atoms with van der Waals surface area (Å²) >= 11 is 0. The normalized spacial score (nSPS) is 8.86. The summed E-state index contributed by atoms with van der Waals surface area (Å²) in [6.07, 6.45) is 0. The molecular formula is C8H9NO4S. The van der Waals surface area contributed by atoms with Gasteiger partial charge in [0.25, 0.3) is 0 Å². The van der Waals surface area contributed by atoms with Gasteiger partial charge in [0.2, 0.25) is 0 Å². The molecule has 0 spiro atoms. The third-order valence-corrected chi connectivity index (χ3v) is 1.45. The molecule has 0 amide bonds. The first-order valence-corrected chi connectivity index (χ1v) is 3.38. The maximum Gasteiger partial charge on any atom is 0.335 e. The topological polar surface area (TPSA) is 101 Å². The molecule has 1 aromatic carbocycles. The largest absolute Gasteiger partial charge is 0.478 e. The van der Waals surface area contributed by atoms with E-state index in [1.807, 2.05) is 0 Å². The van der Waals surface area contributed by atoms with Crippen molar-refractivity contribution in [2.45, 2.75) is 0 Å². The number of carbonyl (C=O) groups is 2. The zero-order valence-electron chi connectivity index (χ0n) is 7.02. The summed E-state index contributed by atoms with van der Waals surface area (Å²) in [5.41, 5.74) is 5.18. The lowest BCUT2D eigenvalue weighted by Gasteiger charge is -1.99. The maximum atomic E-state index is 10.5. The van der Waals surface area contributed by atoms with Crippen molar-refractivity contribution in [3.63, 3.8) is 0 Å². The van der Waals surface area contributed by atoms with Crippen LogP contribution in [0.25, 0.3) is 0 Å². The van der Waals surface area contributed by atoms with E-state index < -0.39 is 11.9 Å². The lowest BCUT2D eigenvalue weighted by atomic mass is 10.1. The van der Waals surface area contributed by atoms with Crippen molar-refractivity contribution in [2.24, 2.45) is 0 Å². The predicted octanol–water partition coefficient (Wildman–Crippen LogP) is 0.778. The minimum absolute atomic E-state index is 0. The number of aromatic carboxylic acids is 2. The van der Waals surface area contributed by atoms with E-state index in [-0.39, 0.29) is 30.3 Å². The van der Waals surface area contributed by atoms with Crippen LogP contribution in [-0.2, 0) is 0 Å². The van der Waals surface area contributed by atoms with Gasteiger partial charge in [-0.15, -0.1) is 0 Å². The van der Waals surface area contributed by atoms with E-state index in [0.717, 1.165) is 6.07 Å². The van der Waals surface area contributed by atoms with Gasteiger partial charge in [0.15, 0.2) is 0 Å². The third-order valence-electron chi connectivity index (χ3n) is 1.45. The molecule has 0 atom stereocenters. The molecule has 14 heavy (non-hydrogen) atoms. The summed E-state index contributed by atoms with van der Waals surface area (Å²) in [7, 11) is 0. The summed E-state index contributed by atoms with van der Waals surface area (Å²) < 4.78 is 0. The lowest BCUT2D eigenvalue weighted by molar-refractivity contribution is 0.0696. The Kier molecular flexibility index (Phi) is 3.97. The van der Waals surface area contributed by atoms with E-state index >= 15 is 0 Å². The van der Waals surface area contributed by atoms with Crippen LogP contribution in [0.1, 0.15) is 20.7 Å². The number of nitrogens with two attached hydrogens (primary N) is 1. The van der Waals surface area contributed by atoms with Gasteiger partial charge in [-0.3, -0.25) is 0 Å². The van der Waals surface area contributed by atoms with Crippen molar-refractivity contribution >= 4 is 31.1 Å². The molecule has 0 fully saturated rings. The molecule has 6 heteroatoms. The van der Waals surface area contributed by atoms with Gasteiger partial charge in [0.05, 0.1) is 11.1 Å². The Morgan fingerprint density at radius 2 is 1.36 bits per heavy atom. The van der Waals surface area contributed by atoms with E-state index in [4.69, 9.17) is 15.9 Å². The second-order valence-electron chi connectivity index (χ2n) is 2.45. The molecule has 76 valence electrons. The summed E-state index contributed by atoms with van der Waals surface area (Å²) in [6, 6.07) is 3.46. The first-order chi connectivity index (χ1) is 6.00. The maximum absolute atomic E-state index is 10.5. The molecule has 0 saturated carbocycles. The van der Waals surface area contributed by atoms with Gasteiger partial charge in [-0.1, -0.05) is 0 Å². The van der Waals surface area contributed by atoms with Crippen molar-refractivity contribution in [1.82, 2.24) is 0 Å². The molecule has 0 heterocycles. The Bertz CT molecular complexity index is 345. The molecule has 0 saturated heterocycles. The Morgan fingerprint density at radius 3 is 1.64 bits per heavy atom. The molecule has 5 nitrogen and oxygen atoms in total. The van der Waals surface area contributed by atoms with E-state index in [1.54, 1.807) is 0 Å². The van der Waals surface area contributed by atoms with Gasteiger partial charge >= 0.3 is 11.9 Å². The summed E-state index contributed by atoms with van der Waals surface area (Å²) in [6.45, 7) is 0. The van der Waals surface area contributed by atoms with Gasteiger partial charge in [0.1, 0.15) is 0 Å². The first-order valence-electron chi connectivity index (χ1n) is 3.38.